The van der Waals surface area contributed by atoms with Gasteiger partial charge >= 0.3 is 0 Å². The summed E-state index contributed by atoms with van der Waals surface area (Å²) in [5, 5.41) is 4.75. The third-order valence-corrected chi connectivity index (χ3v) is 12.4. The van der Waals surface area contributed by atoms with Gasteiger partial charge in [-0.2, -0.15) is 0 Å². The lowest BCUT2D eigenvalue weighted by Crippen LogP contribution is -2.61. The second-order valence-corrected chi connectivity index (χ2v) is 15.5. The first-order valence-corrected chi connectivity index (χ1v) is 19.1. The number of nitrogens with zero attached hydrogens (tertiary/aromatic N) is 3. The summed E-state index contributed by atoms with van der Waals surface area (Å²) in [6.07, 6.45) is 4.62. The van der Waals surface area contributed by atoms with Gasteiger partial charge in [0.2, 0.25) is 0 Å². The summed E-state index contributed by atoms with van der Waals surface area (Å²) >= 11 is 0. The van der Waals surface area contributed by atoms with E-state index in [1.165, 1.54) is 90.3 Å². The van der Waals surface area contributed by atoms with Crippen LogP contribution in [0.4, 0.5) is 17.1 Å². The smallest absolute Gasteiger partial charge is 0.252 e. The Balaban J connectivity index is 1.30. The highest BCUT2D eigenvalue weighted by molar-refractivity contribution is 7.00. The highest BCUT2D eigenvalue weighted by Crippen LogP contribution is 2.48. The first-order chi connectivity index (χ1) is 26.0. The number of aryl methyl sites for hydroxylation is 4. The van der Waals surface area contributed by atoms with Gasteiger partial charge < -0.3 is 9.32 Å². The van der Waals surface area contributed by atoms with Crippen molar-refractivity contribution in [2.45, 2.75) is 46.5 Å². The van der Waals surface area contributed by atoms with Crippen molar-refractivity contribution in [3.8, 4) is 17.1 Å². The van der Waals surface area contributed by atoms with E-state index in [9.17, 15) is 0 Å². The van der Waals surface area contributed by atoms with Crippen LogP contribution >= 0.6 is 0 Å². The molecule has 252 valence electrons. The first kappa shape index (κ1) is 29.5. The molecule has 3 aliphatic rings. The molecule has 2 aliphatic heterocycles. The standard InChI is InChI=1S/C48H36BN3O/c1-27-24-39-44-40(25-27)52-46-37(50-48(52)42-28(2)12-10-13-29(42)3)26-31-15-5-7-18-33(31)43(46)49(44)36-23-22-35-34-19-8-9-21-41(34)53-47(35)45(36)51(39)38-20-11-16-30-14-4-6-17-32(30)38/h4,6,8-14,16-17,19-26H,5,7,15,18H2,1-3H3. The molecular formula is C48H36BN3O. The Labute approximate surface area is 308 Å². The minimum Gasteiger partial charge on any atom is -0.454 e. The molecule has 53 heavy (non-hydrogen) atoms. The predicted molar refractivity (Wildman–Crippen MR) is 221 cm³/mol. The van der Waals surface area contributed by atoms with Gasteiger partial charge in [-0.1, -0.05) is 84.9 Å². The van der Waals surface area contributed by atoms with Crippen molar-refractivity contribution in [3.63, 3.8) is 0 Å². The Morgan fingerprint density at radius 2 is 1.42 bits per heavy atom. The van der Waals surface area contributed by atoms with Crippen molar-refractivity contribution in [2.75, 3.05) is 4.90 Å². The molecule has 7 aromatic carbocycles. The van der Waals surface area contributed by atoms with Crippen molar-refractivity contribution in [1.29, 1.82) is 0 Å². The van der Waals surface area contributed by atoms with Crippen LogP contribution in [0.1, 0.15) is 40.7 Å². The summed E-state index contributed by atoms with van der Waals surface area (Å²) in [4.78, 5) is 8.15. The van der Waals surface area contributed by atoms with Gasteiger partial charge in [0.15, 0.2) is 5.58 Å². The number of benzene rings is 7. The zero-order chi connectivity index (χ0) is 35.1. The SMILES string of the molecule is Cc1cc2c3c(c1)-n1c(-c4c(C)cccc4C)nc4cc5c(c(c41)B3c1ccc3c(oc4ccccc43)c1N2c1cccc2ccccc12)CCCC5. The van der Waals surface area contributed by atoms with E-state index in [1.54, 1.807) is 0 Å². The molecule has 12 rings (SSSR count). The Morgan fingerprint density at radius 3 is 2.30 bits per heavy atom. The predicted octanol–water partition coefficient (Wildman–Crippen LogP) is 10.2. The highest BCUT2D eigenvalue weighted by Gasteiger charge is 2.46. The molecule has 0 amide bonds. The van der Waals surface area contributed by atoms with Gasteiger partial charge in [0, 0.05) is 33.1 Å². The zero-order valence-corrected chi connectivity index (χ0v) is 30.1. The molecule has 0 atom stereocenters. The quantitative estimate of drug-likeness (QED) is 0.170. The van der Waals surface area contributed by atoms with E-state index < -0.39 is 0 Å². The van der Waals surface area contributed by atoms with Crippen LogP contribution in [-0.2, 0) is 12.8 Å². The molecule has 0 spiro atoms. The van der Waals surface area contributed by atoms with Crippen LogP contribution in [0.25, 0.3) is 60.8 Å². The van der Waals surface area contributed by atoms with Crippen LogP contribution in [0.3, 0.4) is 0 Å². The summed E-state index contributed by atoms with van der Waals surface area (Å²) in [6.45, 7) is 6.74. The second-order valence-electron chi connectivity index (χ2n) is 15.5. The number of furan rings is 1. The molecule has 9 aromatic rings. The van der Waals surface area contributed by atoms with E-state index in [0.717, 1.165) is 57.5 Å². The number of rotatable bonds is 2. The molecule has 0 radical (unpaired) electrons. The molecule has 2 aromatic heterocycles. The number of aromatic nitrogens is 2. The van der Waals surface area contributed by atoms with Gasteiger partial charge in [-0.05, 0) is 126 Å². The fourth-order valence-electron chi connectivity index (χ4n) is 10.3. The molecule has 0 saturated heterocycles. The maximum atomic E-state index is 6.99. The number of anilines is 3. The molecule has 0 bridgehead atoms. The molecule has 4 heterocycles. The Kier molecular flexibility index (Phi) is 5.85. The Bertz CT molecular complexity index is 3050. The van der Waals surface area contributed by atoms with Crippen molar-refractivity contribution in [3.05, 3.63) is 143 Å². The summed E-state index contributed by atoms with van der Waals surface area (Å²) in [5.74, 6) is 1.04. The molecular weight excluding hydrogens is 645 g/mol. The summed E-state index contributed by atoms with van der Waals surface area (Å²) < 4.78 is 9.53. The molecule has 5 heteroatoms. The van der Waals surface area contributed by atoms with E-state index in [-0.39, 0.29) is 6.71 Å². The van der Waals surface area contributed by atoms with Gasteiger partial charge in [-0.15, -0.1) is 0 Å². The molecule has 0 fully saturated rings. The minimum absolute atomic E-state index is 0.0324. The van der Waals surface area contributed by atoms with Gasteiger partial charge in [-0.25, -0.2) is 4.98 Å². The van der Waals surface area contributed by atoms with Gasteiger partial charge in [-0.3, -0.25) is 4.57 Å². The van der Waals surface area contributed by atoms with Crippen LogP contribution < -0.4 is 21.3 Å². The highest BCUT2D eigenvalue weighted by atomic mass is 16.3. The average molecular weight is 682 g/mol. The van der Waals surface area contributed by atoms with Crippen molar-refractivity contribution in [1.82, 2.24) is 9.55 Å². The topological polar surface area (TPSA) is 34.2 Å². The Hall–Kier alpha value is -6.07. The molecule has 4 nitrogen and oxygen atoms in total. The molecule has 0 unspecified atom stereocenters. The van der Waals surface area contributed by atoms with Gasteiger partial charge in [0.25, 0.3) is 6.71 Å². The molecule has 0 N–H and O–H groups in total. The fraction of sp³-hybridized carbons (Fsp3) is 0.146. The second kappa shape index (κ2) is 10.5. The van der Waals surface area contributed by atoms with Crippen LogP contribution in [0.15, 0.2) is 120 Å². The van der Waals surface area contributed by atoms with E-state index in [0.29, 0.717) is 0 Å². The van der Waals surface area contributed by atoms with Crippen LogP contribution in [-0.4, -0.2) is 16.3 Å². The van der Waals surface area contributed by atoms with Crippen LogP contribution in [0, 0.1) is 20.8 Å². The van der Waals surface area contributed by atoms with Gasteiger partial charge in [0.05, 0.1) is 22.4 Å². The van der Waals surface area contributed by atoms with Gasteiger partial charge in [0.1, 0.15) is 11.4 Å². The van der Waals surface area contributed by atoms with E-state index in [2.05, 4.69) is 145 Å². The summed E-state index contributed by atoms with van der Waals surface area (Å²) in [5.41, 5.74) is 21.0. The number of hydrogen-bond donors (Lipinski definition) is 0. The summed E-state index contributed by atoms with van der Waals surface area (Å²) in [7, 11) is 0. The maximum Gasteiger partial charge on any atom is 0.252 e. The fourth-order valence-corrected chi connectivity index (χ4v) is 10.3. The lowest BCUT2D eigenvalue weighted by Gasteiger charge is -2.41. The number of fused-ring (bicyclic) bond motifs is 11. The monoisotopic (exact) mass is 681 g/mol. The number of hydrogen-bond acceptors (Lipinski definition) is 3. The van der Waals surface area contributed by atoms with E-state index in [4.69, 9.17) is 9.40 Å². The average Bonchev–Trinajstić information content (AvgIpc) is 3.75. The normalized spacial score (nSPS) is 14.3. The third kappa shape index (κ3) is 3.84. The number of imidazole rings is 1. The van der Waals surface area contributed by atoms with E-state index >= 15 is 0 Å². The van der Waals surface area contributed by atoms with Crippen molar-refractivity contribution < 1.29 is 4.42 Å². The lowest BCUT2D eigenvalue weighted by molar-refractivity contribution is 0.669. The van der Waals surface area contributed by atoms with E-state index in [1.807, 2.05) is 0 Å². The Morgan fingerprint density at radius 1 is 0.660 bits per heavy atom. The minimum atomic E-state index is 0.0324. The summed E-state index contributed by atoms with van der Waals surface area (Å²) in [6, 6.07) is 42.6. The molecule has 0 saturated carbocycles. The molecule has 1 aliphatic carbocycles. The number of para-hydroxylation sites is 1. The van der Waals surface area contributed by atoms with Crippen LogP contribution in [0.2, 0.25) is 0 Å². The van der Waals surface area contributed by atoms with Crippen molar-refractivity contribution in [2.24, 2.45) is 0 Å². The van der Waals surface area contributed by atoms with Crippen LogP contribution in [0.5, 0.6) is 0 Å². The first-order valence-electron chi connectivity index (χ1n) is 19.1. The lowest BCUT2D eigenvalue weighted by atomic mass is 9.32. The third-order valence-electron chi connectivity index (χ3n) is 12.4. The largest absolute Gasteiger partial charge is 0.454 e. The zero-order valence-electron chi connectivity index (χ0n) is 30.1. The maximum absolute atomic E-state index is 6.99. The van der Waals surface area contributed by atoms with Crippen molar-refractivity contribution >= 4 is 83.9 Å².